The van der Waals surface area contributed by atoms with Gasteiger partial charge >= 0.3 is 0 Å². The van der Waals surface area contributed by atoms with Crippen LogP contribution < -0.4 is 5.32 Å². The van der Waals surface area contributed by atoms with Gasteiger partial charge in [0.15, 0.2) is 5.69 Å². The molecule has 0 bridgehead atoms. The highest BCUT2D eigenvalue weighted by molar-refractivity contribution is 5.91. The van der Waals surface area contributed by atoms with Gasteiger partial charge in [-0.25, -0.2) is 4.98 Å². The fourth-order valence-electron chi connectivity index (χ4n) is 2.73. The average Bonchev–Trinajstić information content (AvgIpc) is 3.36. The van der Waals surface area contributed by atoms with E-state index in [1.165, 1.54) is 6.26 Å². The van der Waals surface area contributed by atoms with Gasteiger partial charge in [0, 0.05) is 19.0 Å². The maximum Gasteiger partial charge on any atom is 0.273 e. The lowest BCUT2D eigenvalue weighted by molar-refractivity contribution is -0.133. The van der Waals surface area contributed by atoms with E-state index in [2.05, 4.69) is 24.1 Å². The molecule has 1 heterocycles. The highest BCUT2D eigenvalue weighted by Gasteiger charge is 2.33. The number of hydrogen-bond acceptors (Lipinski definition) is 4. The SMILES string of the molecule is CCCCCNC(=O)c1coc(CN(CCCCC)C(=O)C2CC2)n1. The van der Waals surface area contributed by atoms with Crippen LogP contribution in [0.5, 0.6) is 0 Å². The quantitative estimate of drug-likeness (QED) is 0.586. The first-order valence-electron chi connectivity index (χ1n) is 9.67. The third kappa shape index (κ3) is 6.52. The molecule has 1 aliphatic rings. The van der Waals surface area contributed by atoms with Crippen LogP contribution in [0.3, 0.4) is 0 Å². The van der Waals surface area contributed by atoms with Crippen molar-refractivity contribution >= 4 is 11.8 Å². The van der Waals surface area contributed by atoms with Crippen molar-refractivity contribution in [2.24, 2.45) is 5.92 Å². The molecule has 6 heteroatoms. The molecule has 0 saturated heterocycles. The molecule has 1 aliphatic carbocycles. The minimum atomic E-state index is -0.211. The summed E-state index contributed by atoms with van der Waals surface area (Å²) in [6.45, 7) is 6.00. The van der Waals surface area contributed by atoms with Gasteiger partial charge < -0.3 is 14.6 Å². The Bertz CT molecular complexity index is 552. The van der Waals surface area contributed by atoms with Gasteiger partial charge in [-0.05, 0) is 25.7 Å². The van der Waals surface area contributed by atoms with Crippen LogP contribution in [-0.2, 0) is 11.3 Å². The van der Waals surface area contributed by atoms with E-state index in [0.29, 0.717) is 24.7 Å². The summed E-state index contributed by atoms with van der Waals surface area (Å²) in [5.74, 6) is 0.596. The number of aromatic nitrogens is 1. The summed E-state index contributed by atoms with van der Waals surface area (Å²) in [6, 6.07) is 0. The monoisotopic (exact) mass is 349 g/mol. The molecule has 0 unspecified atom stereocenters. The van der Waals surface area contributed by atoms with Gasteiger partial charge in [-0.15, -0.1) is 0 Å². The van der Waals surface area contributed by atoms with E-state index in [-0.39, 0.29) is 17.7 Å². The molecule has 140 valence electrons. The molecular weight excluding hydrogens is 318 g/mol. The smallest absolute Gasteiger partial charge is 0.273 e. The number of oxazole rings is 1. The molecule has 0 aromatic carbocycles. The zero-order valence-electron chi connectivity index (χ0n) is 15.6. The summed E-state index contributed by atoms with van der Waals surface area (Å²) in [4.78, 5) is 30.6. The zero-order chi connectivity index (χ0) is 18.1. The van der Waals surface area contributed by atoms with Gasteiger partial charge in [-0.1, -0.05) is 39.5 Å². The summed E-state index contributed by atoms with van der Waals surface area (Å²) in [6.07, 6.45) is 9.75. The lowest BCUT2D eigenvalue weighted by Gasteiger charge is -2.21. The van der Waals surface area contributed by atoms with E-state index in [9.17, 15) is 9.59 Å². The second-order valence-electron chi connectivity index (χ2n) is 6.83. The summed E-state index contributed by atoms with van der Waals surface area (Å²) < 4.78 is 5.43. The molecule has 0 spiro atoms. The molecule has 25 heavy (non-hydrogen) atoms. The Morgan fingerprint density at radius 1 is 1.20 bits per heavy atom. The molecular formula is C19H31N3O3. The molecule has 1 saturated carbocycles. The van der Waals surface area contributed by atoms with Gasteiger partial charge in [-0.3, -0.25) is 9.59 Å². The van der Waals surface area contributed by atoms with Crippen LogP contribution in [0.1, 0.15) is 81.6 Å². The van der Waals surface area contributed by atoms with Crippen molar-refractivity contribution in [1.82, 2.24) is 15.2 Å². The summed E-state index contributed by atoms with van der Waals surface area (Å²) in [5, 5.41) is 2.85. The Balaban J connectivity index is 1.87. The van der Waals surface area contributed by atoms with Crippen LogP contribution in [0.4, 0.5) is 0 Å². The molecule has 1 aromatic rings. The van der Waals surface area contributed by atoms with Crippen molar-refractivity contribution in [3.05, 3.63) is 17.8 Å². The predicted molar refractivity (Wildman–Crippen MR) is 96.0 cm³/mol. The third-order valence-corrected chi connectivity index (χ3v) is 4.45. The maximum absolute atomic E-state index is 12.4. The average molecular weight is 349 g/mol. The van der Waals surface area contributed by atoms with E-state index in [1.54, 1.807) is 0 Å². The number of amides is 2. The molecule has 1 fully saturated rings. The zero-order valence-corrected chi connectivity index (χ0v) is 15.6. The van der Waals surface area contributed by atoms with Crippen LogP contribution in [0.15, 0.2) is 10.7 Å². The molecule has 1 N–H and O–H groups in total. The Kier molecular flexibility index (Phi) is 7.95. The molecule has 2 amide bonds. The summed E-state index contributed by atoms with van der Waals surface area (Å²) in [7, 11) is 0. The number of hydrogen-bond donors (Lipinski definition) is 1. The number of carbonyl (C=O) groups excluding carboxylic acids is 2. The van der Waals surface area contributed by atoms with Crippen molar-refractivity contribution in [2.75, 3.05) is 13.1 Å². The predicted octanol–water partition coefficient (Wildman–Crippen LogP) is 3.52. The first-order chi connectivity index (χ1) is 12.2. The lowest BCUT2D eigenvalue weighted by atomic mass is 10.2. The molecule has 0 aliphatic heterocycles. The van der Waals surface area contributed by atoms with Gasteiger partial charge in [-0.2, -0.15) is 0 Å². The van der Waals surface area contributed by atoms with Gasteiger partial charge in [0.1, 0.15) is 6.26 Å². The number of nitrogens with zero attached hydrogens (tertiary/aromatic N) is 2. The normalized spacial score (nSPS) is 13.7. The van der Waals surface area contributed by atoms with E-state index in [1.807, 2.05) is 4.90 Å². The topological polar surface area (TPSA) is 75.4 Å². The first-order valence-corrected chi connectivity index (χ1v) is 9.67. The number of unbranched alkanes of at least 4 members (excludes halogenated alkanes) is 4. The Morgan fingerprint density at radius 3 is 2.60 bits per heavy atom. The Hall–Kier alpha value is -1.85. The van der Waals surface area contributed by atoms with Crippen LogP contribution in [0.2, 0.25) is 0 Å². The van der Waals surface area contributed by atoms with Crippen LogP contribution in [0, 0.1) is 5.92 Å². The van der Waals surface area contributed by atoms with Gasteiger partial charge in [0.2, 0.25) is 11.8 Å². The lowest BCUT2D eigenvalue weighted by Crippen LogP contribution is -2.33. The molecule has 6 nitrogen and oxygen atoms in total. The first kappa shape index (κ1) is 19.5. The largest absolute Gasteiger partial charge is 0.446 e. The number of rotatable bonds is 12. The highest BCUT2D eigenvalue weighted by Crippen LogP contribution is 2.31. The third-order valence-electron chi connectivity index (χ3n) is 4.45. The molecule has 0 atom stereocenters. The Morgan fingerprint density at radius 2 is 1.92 bits per heavy atom. The minimum Gasteiger partial charge on any atom is -0.446 e. The van der Waals surface area contributed by atoms with Crippen molar-refractivity contribution in [3.8, 4) is 0 Å². The van der Waals surface area contributed by atoms with Crippen LogP contribution >= 0.6 is 0 Å². The fourth-order valence-corrected chi connectivity index (χ4v) is 2.73. The van der Waals surface area contributed by atoms with Crippen molar-refractivity contribution in [1.29, 1.82) is 0 Å². The number of carbonyl (C=O) groups is 2. The minimum absolute atomic E-state index is 0.179. The second kappa shape index (κ2) is 10.2. The summed E-state index contributed by atoms with van der Waals surface area (Å²) in [5.41, 5.74) is 0.291. The van der Waals surface area contributed by atoms with E-state index in [0.717, 1.165) is 57.9 Å². The van der Waals surface area contributed by atoms with Crippen molar-refractivity contribution in [3.63, 3.8) is 0 Å². The van der Waals surface area contributed by atoms with Crippen molar-refractivity contribution in [2.45, 2.75) is 71.8 Å². The fraction of sp³-hybridized carbons (Fsp3) is 0.737. The van der Waals surface area contributed by atoms with Crippen LogP contribution in [0.25, 0.3) is 0 Å². The second-order valence-corrected chi connectivity index (χ2v) is 6.83. The Labute approximate surface area is 150 Å². The van der Waals surface area contributed by atoms with E-state index >= 15 is 0 Å². The molecule has 2 rings (SSSR count). The highest BCUT2D eigenvalue weighted by atomic mass is 16.3. The van der Waals surface area contributed by atoms with E-state index in [4.69, 9.17) is 4.42 Å². The van der Waals surface area contributed by atoms with Crippen LogP contribution in [-0.4, -0.2) is 34.8 Å². The molecule has 0 radical (unpaired) electrons. The maximum atomic E-state index is 12.4. The van der Waals surface area contributed by atoms with Gasteiger partial charge in [0.25, 0.3) is 5.91 Å². The number of nitrogens with one attached hydrogen (secondary N) is 1. The molecule has 1 aromatic heterocycles. The van der Waals surface area contributed by atoms with E-state index < -0.39 is 0 Å². The standard InChI is InChI=1S/C19H31N3O3/c1-3-5-7-11-20-18(23)16-14-25-17(21-16)13-22(12-8-6-4-2)19(24)15-9-10-15/h14-15H,3-13H2,1-2H3,(H,20,23). The summed E-state index contributed by atoms with van der Waals surface area (Å²) >= 11 is 0. The van der Waals surface area contributed by atoms with Gasteiger partial charge in [0.05, 0.1) is 6.54 Å². The van der Waals surface area contributed by atoms with Crippen molar-refractivity contribution < 1.29 is 14.0 Å².